The van der Waals surface area contributed by atoms with Crippen LogP contribution in [0.3, 0.4) is 0 Å². The molecule has 0 aliphatic rings. The molecule has 1 atom stereocenters. The summed E-state index contributed by atoms with van der Waals surface area (Å²) in [6.45, 7) is 5.51. The van der Waals surface area contributed by atoms with Gasteiger partial charge in [0.15, 0.2) is 5.82 Å². The number of thiophene rings is 1. The van der Waals surface area contributed by atoms with E-state index in [1.807, 2.05) is 25.3 Å². The topological polar surface area (TPSA) is 88.9 Å². The van der Waals surface area contributed by atoms with Crippen LogP contribution in [0.4, 0.5) is 5.69 Å². The highest BCUT2D eigenvalue weighted by Crippen LogP contribution is 2.13. The number of hydrogen-bond donors (Lipinski definition) is 2. The van der Waals surface area contributed by atoms with Gasteiger partial charge in [-0.1, -0.05) is 6.07 Å². The zero-order valence-corrected chi connectivity index (χ0v) is 15.5. The van der Waals surface area contributed by atoms with E-state index < -0.39 is 6.04 Å². The average Bonchev–Trinajstić information content (AvgIpc) is 3.25. The first kappa shape index (κ1) is 17.8. The molecule has 0 spiro atoms. The Balaban J connectivity index is 1.62. The summed E-state index contributed by atoms with van der Waals surface area (Å²) in [7, 11) is 0. The maximum atomic E-state index is 12.3. The first-order valence-electron chi connectivity index (χ1n) is 8.09. The Bertz CT molecular complexity index is 916. The number of rotatable bonds is 5. The molecule has 0 radical (unpaired) electrons. The van der Waals surface area contributed by atoms with E-state index >= 15 is 0 Å². The molecule has 134 valence electrons. The van der Waals surface area contributed by atoms with E-state index in [2.05, 4.69) is 20.7 Å². The predicted molar refractivity (Wildman–Crippen MR) is 101 cm³/mol. The van der Waals surface area contributed by atoms with Crippen molar-refractivity contribution < 1.29 is 9.59 Å². The van der Waals surface area contributed by atoms with Crippen molar-refractivity contribution in [1.82, 2.24) is 20.1 Å². The van der Waals surface area contributed by atoms with Crippen molar-refractivity contribution in [2.75, 3.05) is 5.32 Å². The number of nitrogens with zero attached hydrogens (tertiary/aromatic N) is 3. The largest absolute Gasteiger partial charge is 0.340 e. The molecule has 0 bridgehead atoms. The number of aromatic nitrogens is 3. The van der Waals surface area contributed by atoms with Gasteiger partial charge in [0.2, 0.25) is 5.91 Å². The molecule has 3 rings (SSSR count). The third-order valence-electron chi connectivity index (χ3n) is 3.73. The monoisotopic (exact) mass is 369 g/mol. The summed E-state index contributed by atoms with van der Waals surface area (Å²) in [6, 6.07) is 8.34. The first-order chi connectivity index (χ1) is 12.4. The number of carbonyl (C=O) groups excluding carboxylic acids is 2. The van der Waals surface area contributed by atoms with E-state index in [4.69, 9.17) is 0 Å². The molecule has 2 amide bonds. The molecule has 0 unspecified atom stereocenters. The van der Waals surface area contributed by atoms with Crippen LogP contribution in [0.25, 0.3) is 5.82 Å². The van der Waals surface area contributed by atoms with Crippen LogP contribution in [-0.4, -0.2) is 32.6 Å². The number of aryl methyl sites for hydroxylation is 2. The molecular weight excluding hydrogens is 350 g/mol. The Morgan fingerprint density at radius 2 is 2.04 bits per heavy atom. The highest BCUT2D eigenvalue weighted by atomic mass is 32.1. The fourth-order valence-electron chi connectivity index (χ4n) is 2.44. The lowest BCUT2D eigenvalue weighted by Gasteiger charge is -2.13. The van der Waals surface area contributed by atoms with E-state index in [1.54, 1.807) is 42.1 Å². The maximum Gasteiger partial charge on any atom is 0.261 e. The molecule has 0 aliphatic carbocycles. The molecule has 26 heavy (non-hydrogen) atoms. The molecule has 0 saturated carbocycles. The molecule has 8 heteroatoms. The van der Waals surface area contributed by atoms with Crippen molar-refractivity contribution in [2.45, 2.75) is 26.8 Å². The van der Waals surface area contributed by atoms with Gasteiger partial charge in [0, 0.05) is 5.69 Å². The molecule has 3 aromatic heterocycles. The van der Waals surface area contributed by atoms with Crippen LogP contribution in [0, 0.1) is 13.8 Å². The smallest absolute Gasteiger partial charge is 0.261 e. The Morgan fingerprint density at radius 3 is 2.62 bits per heavy atom. The Kier molecular flexibility index (Phi) is 5.13. The standard InChI is InChI=1S/C18H19N5O2S/c1-11-9-12(2)23(22-11)16-7-6-14(10-19-16)21-17(24)13(3)20-18(25)15-5-4-8-26-15/h4-10,13H,1-3H3,(H,20,25)(H,21,24)/t13-/m1/s1. The summed E-state index contributed by atoms with van der Waals surface area (Å²) in [4.78, 5) is 29.2. The minimum absolute atomic E-state index is 0.263. The van der Waals surface area contributed by atoms with Crippen molar-refractivity contribution >= 4 is 28.8 Å². The van der Waals surface area contributed by atoms with Crippen LogP contribution in [-0.2, 0) is 4.79 Å². The molecule has 0 aromatic carbocycles. The molecule has 3 heterocycles. The van der Waals surface area contributed by atoms with Crippen molar-refractivity contribution in [2.24, 2.45) is 0 Å². The Hall–Kier alpha value is -3.00. The minimum Gasteiger partial charge on any atom is -0.340 e. The molecular formula is C18H19N5O2S. The van der Waals surface area contributed by atoms with Gasteiger partial charge in [-0.2, -0.15) is 5.10 Å². The predicted octanol–water partition coefficient (Wildman–Crippen LogP) is 2.70. The van der Waals surface area contributed by atoms with Crippen molar-refractivity contribution in [1.29, 1.82) is 0 Å². The second-order valence-corrected chi connectivity index (χ2v) is 6.85. The number of pyridine rings is 1. The van der Waals surface area contributed by atoms with Crippen molar-refractivity contribution in [3.63, 3.8) is 0 Å². The van der Waals surface area contributed by atoms with Gasteiger partial charge in [-0.05, 0) is 50.4 Å². The summed E-state index contributed by atoms with van der Waals surface area (Å²) < 4.78 is 1.74. The second-order valence-electron chi connectivity index (χ2n) is 5.91. The molecule has 7 nitrogen and oxygen atoms in total. The van der Waals surface area contributed by atoms with E-state index in [9.17, 15) is 9.59 Å². The number of anilines is 1. The van der Waals surface area contributed by atoms with E-state index in [-0.39, 0.29) is 11.8 Å². The molecule has 0 saturated heterocycles. The van der Waals surface area contributed by atoms with E-state index in [0.29, 0.717) is 16.4 Å². The summed E-state index contributed by atoms with van der Waals surface area (Å²) in [6.07, 6.45) is 1.57. The van der Waals surface area contributed by atoms with Crippen LogP contribution in [0.2, 0.25) is 0 Å². The fraction of sp³-hybridized carbons (Fsp3) is 0.222. The fourth-order valence-corrected chi connectivity index (χ4v) is 3.06. The van der Waals surface area contributed by atoms with Crippen molar-refractivity contribution in [3.05, 3.63) is 58.2 Å². The van der Waals surface area contributed by atoms with Crippen LogP contribution in [0.5, 0.6) is 0 Å². The van der Waals surface area contributed by atoms with Gasteiger partial charge < -0.3 is 10.6 Å². The number of nitrogens with one attached hydrogen (secondary N) is 2. The quantitative estimate of drug-likeness (QED) is 0.724. The normalized spacial score (nSPS) is 11.8. The number of hydrogen-bond acceptors (Lipinski definition) is 5. The SMILES string of the molecule is Cc1cc(C)n(-c2ccc(NC(=O)[C@@H](C)NC(=O)c3cccs3)cn2)n1. The zero-order valence-electron chi connectivity index (χ0n) is 14.7. The number of amides is 2. The van der Waals surface area contributed by atoms with Gasteiger partial charge in [0.05, 0.1) is 22.5 Å². The highest BCUT2D eigenvalue weighted by Gasteiger charge is 2.17. The van der Waals surface area contributed by atoms with Crippen LogP contribution in [0.15, 0.2) is 41.9 Å². The second kappa shape index (κ2) is 7.49. The van der Waals surface area contributed by atoms with Crippen LogP contribution >= 0.6 is 11.3 Å². The lowest BCUT2D eigenvalue weighted by atomic mass is 10.3. The highest BCUT2D eigenvalue weighted by molar-refractivity contribution is 7.12. The zero-order chi connectivity index (χ0) is 18.7. The lowest BCUT2D eigenvalue weighted by Crippen LogP contribution is -2.41. The number of carbonyl (C=O) groups is 2. The van der Waals surface area contributed by atoms with Gasteiger partial charge in [0.1, 0.15) is 6.04 Å². The van der Waals surface area contributed by atoms with Crippen molar-refractivity contribution in [3.8, 4) is 5.82 Å². The summed E-state index contributed by atoms with van der Waals surface area (Å²) in [5.74, 6) is 0.101. The van der Waals surface area contributed by atoms with E-state index in [1.165, 1.54) is 11.3 Å². The van der Waals surface area contributed by atoms with Gasteiger partial charge in [0.25, 0.3) is 5.91 Å². The summed E-state index contributed by atoms with van der Waals surface area (Å²) in [5.41, 5.74) is 2.45. The maximum absolute atomic E-state index is 12.3. The summed E-state index contributed by atoms with van der Waals surface area (Å²) in [5, 5.41) is 11.6. The molecule has 2 N–H and O–H groups in total. The van der Waals surface area contributed by atoms with Crippen LogP contribution in [0.1, 0.15) is 28.0 Å². The van der Waals surface area contributed by atoms with Crippen LogP contribution < -0.4 is 10.6 Å². The molecule has 0 aliphatic heterocycles. The van der Waals surface area contributed by atoms with Gasteiger partial charge in [-0.25, -0.2) is 9.67 Å². The van der Waals surface area contributed by atoms with E-state index in [0.717, 1.165) is 11.4 Å². The third-order valence-corrected chi connectivity index (χ3v) is 4.60. The van der Waals surface area contributed by atoms with Gasteiger partial charge in [-0.3, -0.25) is 9.59 Å². The Morgan fingerprint density at radius 1 is 1.23 bits per heavy atom. The lowest BCUT2D eigenvalue weighted by molar-refractivity contribution is -0.117. The molecule has 0 fully saturated rings. The first-order valence-corrected chi connectivity index (χ1v) is 8.97. The van der Waals surface area contributed by atoms with Gasteiger partial charge in [-0.15, -0.1) is 11.3 Å². The minimum atomic E-state index is -0.666. The summed E-state index contributed by atoms with van der Waals surface area (Å²) >= 11 is 1.33. The third kappa shape index (κ3) is 3.97. The van der Waals surface area contributed by atoms with Gasteiger partial charge >= 0.3 is 0 Å². The molecule has 3 aromatic rings. The Labute approximate surface area is 155 Å². The average molecular weight is 369 g/mol.